The summed E-state index contributed by atoms with van der Waals surface area (Å²) in [6, 6.07) is 7.74. The minimum absolute atomic E-state index is 0.590. The fourth-order valence-electron chi connectivity index (χ4n) is 3.25. The molecule has 26 heavy (non-hydrogen) atoms. The van der Waals surface area contributed by atoms with Gasteiger partial charge >= 0.3 is 0 Å². The highest BCUT2D eigenvalue weighted by Gasteiger charge is 2.11. The highest BCUT2D eigenvalue weighted by atomic mass is 16.5. The molecule has 6 nitrogen and oxygen atoms in total. The van der Waals surface area contributed by atoms with Gasteiger partial charge in [-0.15, -0.1) is 0 Å². The van der Waals surface area contributed by atoms with E-state index in [4.69, 9.17) is 9.47 Å². The van der Waals surface area contributed by atoms with Crippen LogP contribution in [0.5, 0.6) is 11.5 Å². The zero-order valence-corrected chi connectivity index (χ0v) is 15.9. The van der Waals surface area contributed by atoms with Crippen molar-refractivity contribution in [2.45, 2.75) is 33.1 Å². The first kappa shape index (κ1) is 18.5. The third-order valence-corrected chi connectivity index (χ3v) is 4.48. The van der Waals surface area contributed by atoms with E-state index < -0.39 is 0 Å². The Morgan fingerprint density at radius 3 is 2.46 bits per heavy atom. The van der Waals surface area contributed by atoms with E-state index in [1.54, 1.807) is 7.11 Å². The molecule has 0 unspecified atom stereocenters. The van der Waals surface area contributed by atoms with Gasteiger partial charge in [-0.3, -0.25) is 0 Å². The van der Waals surface area contributed by atoms with E-state index in [9.17, 15) is 0 Å². The number of benzene rings is 1. The summed E-state index contributed by atoms with van der Waals surface area (Å²) in [6.07, 6.45) is 3.66. The van der Waals surface area contributed by atoms with Crippen LogP contribution in [0.4, 0.5) is 11.6 Å². The molecule has 0 aliphatic carbocycles. The van der Waals surface area contributed by atoms with Gasteiger partial charge < -0.3 is 19.7 Å². The normalized spacial score (nSPS) is 14.4. The number of aromatic nitrogens is 2. The van der Waals surface area contributed by atoms with Gasteiger partial charge in [0.05, 0.1) is 13.7 Å². The van der Waals surface area contributed by atoms with Gasteiger partial charge in [-0.05, 0) is 64.4 Å². The number of anilines is 2. The van der Waals surface area contributed by atoms with Crippen molar-refractivity contribution >= 4 is 11.6 Å². The molecule has 3 rings (SSSR count). The van der Waals surface area contributed by atoms with Gasteiger partial charge in [0.2, 0.25) is 5.95 Å². The van der Waals surface area contributed by atoms with Crippen LogP contribution in [-0.2, 0) is 0 Å². The van der Waals surface area contributed by atoms with Gasteiger partial charge in [0.25, 0.3) is 0 Å². The summed E-state index contributed by atoms with van der Waals surface area (Å²) in [5.74, 6) is 2.06. The van der Waals surface area contributed by atoms with Gasteiger partial charge in [-0.1, -0.05) is 0 Å². The van der Waals surface area contributed by atoms with E-state index in [0.29, 0.717) is 12.6 Å². The molecule has 1 fully saturated rings. The van der Waals surface area contributed by atoms with Crippen molar-refractivity contribution in [2.75, 3.05) is 38.7 Å². The second-order valence-corrected chi connectivity index (χ2v) is 6.72. The van der Waals surface area contributed by atoms with Gasteiger partial charge in [0, 0.05) is 29.7 Å². The van der Waals surface area contributed by atoms with Crippen molar-refractivity contribution in [1.82, 2.24) is 14.9 Å². The zero-order valence-electron chi connectivity index (χ0n) is 15.9. The lowest BCUT2D eigenvalue weighted by Crippen LogP contribution is -2.21. The molecule has 2 heterocycles. The molecular formula is C20H28N4O2. The van der Waals surface area contributed by atoms with Crippen molar-refractivity contribution in [2.24, 2.45) is 0 Å². The standard InChI is InChI=1S/C20H28N4O2/c1-15-13-16(2)22-20(21-15)23-17-7-8-18(25-3)19(14-17)26-12-6-11-24-9-4-5-10-24/h7-8,13-14H,4-6,9-12H2,1-3H3,(H,21,22,23). The maximum atomic E-state index is 5.98. The minimum Gasteiger partial charge on any atom is -0.493 e. The topological polar surface area (TPSA) is 59.5 Å². The van der Waals surface area contributed by atoms with Crippen LogP contribution >= 0.6 is 0 Å². The highest BCUT2D eigenvalue weighted by Crippen LogP contribution is 2.31. The summed E-state index contributed by atoms with van der Waals surface area (Å²) in [4.78, 5) is 11.3. The number of ether oxygens (including phenoxy) is 2. The average Bonchev–Trinajstić information content (AvgIpc) is 3.11. The molecule has 0 atom stereocenters. The number of aryl methyl sites for hydroxylation is 2. The molecule has 1 N–H and O–H groups in total. The Bertz CT molecular complexity index is 709. The molecule has 1 aromatic carbocycles. The first-order chi connectivity index (χ1) is 12.6. The van der Waals surface area contributed by atoms with Crippen LogP contribution in [0.15, 0.2) is 24.3 Å². The number of hydrogen-bond acceptors (Lipinski definition) is 6. The zero-order chi connectivity index (χ0) is 18.4. The number of methoxy groups -OCH3 is 1. The smallest absolute Gasteiger partial charge is 0.227 e. The van der Waals surface area contributed by atoms with Crippen LogP contribution in [0.1, 0.15) is 30.7 Å². The SMILES string of the molecule is COc1ccc(Nc2nc(C)cc(C)n2)cc1OCCCN1CCCC1. The fraction of sp³-hybridized carbons (Fsp3) is 0.500. The highest BCUT2D eigenvalue weighted by molar-refractivity contribution is 5.59. The number of nitrogens with one attached hydrogen (secondary N) is 1. The maximum absolute atomic E-state index is 5.98. The van der Waals surface area contributed by atoms with Crippen molar-refractivity contribution < 1.29 is 9.47 Å². The van der Waals surface area contributed by atoms with Crippen LogP contribution in [0.2, 0.25) is 0 Å². The molecule has 0 radical (unpaired) electrons. The summed E-state index contributed by atoms with van der Waals surface area (Å²) in [5.41, 5.74) is 2.75. The number of likely N-dealkylation sites (tertiary alicyclic amines) is 1. The van der Waals surface area contributed by atoms with Crippen LogP contribution < -0.4 is 14.8 Å². The van der Waals surface area contributed by atoms with E-state index in [1.807, 2.05) is 38.1 Å². The third-order valence-electron chi connectivity index (χ3n) is 4.48. The Morgan fingerprint density at radius 2 is 1.77 bits per heavy atom. The molecule has 1 saturated heterocycles. The van der Waals surface area contributed by atoms with E-state index in [2.05, 4.69) is 20.2 Å². The number of hydrogen-bond donors (Lipinski definition) is 1. The quantitative estimate of drug-likeness (QED) is 0.728. The molecule has 0 saturated carbocycles. The van der Waals surface area contributed by atoms with E-state index in [0.717, 1.165) is 41.5 Å². The molecule has 0 amide bonds. The van der Waals surface area contributed by atoms with E-state index >= 15 is 0 Å². The van der Waals surface area contributed by atoms with Crippen molar-refractivity contribution in [3.05, 3.63) is 35.7 Å². The maximum Gasteiger partial charge on any atom is 0.227 e. The minimum atomic E-state index is 0.590. The Labute approximate surface area is 155 Å². The molecule has 0 bridgehead atoms. The Morgan fingerprint density at radius 1 is 1.04 bits per heavy atom. The van der Waals surface area contributed by atoms with Crippen LogP contribution in [0, 0.1) is 13.8 Å². The van der Waals surface area contributed by atoms with Crippen molar-refractivity contribution in [3.8, 4) is 11.5 Å². The summed E-state index contributed by atoms with van der Waals surface area (Å²) in [5, 5.41) is 3.25. The van der Waals surface area contributed by atoms with Crippen molar-refractivity contribution in [3.63, 3.8) is 0 Å². The van der Waals surface area contributed by atoms with Crippen molar-refractivity contribution in [1.29, 1.82) is 0 Å². The predicted molar refractivity (Wildman–Crippen MR) is 104 cm³/mol. The van der Waals surface area contributed by atoms with Gasteiger partial charge in [-0.25, -0.2) is 9.97 Å². The monoisotopic (exact) mass is 356 g/mol. The van der Waals surface area contributed by atoms with E-state index in [1.165, 1.54) is 25.9 Å². The average molecular weight is 356 g/mol. The second-order valence-electron chi connectivity index (χ2n) is 6.72. The lowest BCUT2D eigenvalue weighted by Gasteiger charge is -2.16. The second kappa shape index (κ2) is 8.85. The predicted octanol–water partition coefficient (Wildman–Crippen LogP) is 3.71. The molecule has 2 aromatic rings. The largest absolute Gasteiger partial charge is 0.493 e. The summed E-state index contributed by atoms with van der Waals surface area (Å²) < 4.78 is 11.4. The first-order valence-electron chi connectivity index (χ1n) is 9.26. The summed E-state index contributed by atoms with van der Waals surface area (Å²) >= 11 is 0. The molecular weight excluding hydrogens is 328 g/mol. The Kier molecular flexibility index (Phi) is 6.28. The number of rotatable bonds is 8. The Balaban J connectivity index is 1.61. The molecule has 140 valence electrons. The number of nitrogens with zero attached hydrogens (tertiary/aromatic N) is 3. The fourth-order valence-corrected chi connectivity index (χ4v) is 3.25. The summed E-state index contributed by atoms with van der Waals surface area (Å²) in [7, 11) is 1.66. The lowest BCUT2D eigenvalue weighted by atomic mass is 10.2. The molecule has 1 aliphatic heterocycles. The van der Waals surface area contributed by atoms with Gasteiger partial charge in [-0.2, -0.15) is 0 Å². The van der Waals surface area contributed by atoms with Crippen LogP contribution in [0.3, 0.4) is 0 Å². The van der Waals surface area contributed by atoms with Crippen LogP contribution in [-0.4, -0.2) is 48.2 Å². The van der Waals surface area contributed by atoms with Gasteiger partial charge in [0.1, 0.15) is 0 Å². The van der Waals surface area contributed by atoms with Gasteiger partial charge in [0.15, 0.2) is 11.5 Å². The van der Waals surface area contributed by atoms with Crippen LogP contribution in [0.25, 0.3) is 0 Å². The summed E-state index contributed by atoms with van der Waals surface area (Å²) in [6.45, 7) is 8.13. The third kappa shape index (κ3) is 5.08. The molecule has 6 heteroatoms. The molecule has 1 aromatic heterocycles. The first-order valence-corrected chi connectivity index (χ1v) is 9.26. The van der Waals surface area contributed by atoms with E-state index in [-0.39, 0.29) is 0 Å². The molecule has 0 spiro atoms. The molecule has 1 aliphatic rings. The Hall–Kier alpha value is -2.34. The lowest BCUT2D eigenvalue weighted by molar-refractivity contribution is 0.254.